The first-order valence-corrected chi connectivity index (χ1v) is 15.9. The number of carbonyl (C=O) groups excluding carboxylic acids is 1. The summed E-state index contributed by atoms with van der Waals surface area (Å²) in [5, 5.41) is 35.0. The summed E-state index contributed by atoms with van der Waals surface area (Å²) >= 11 is 0. The number of carboxylic acid groups (broad SMARTS) is 1. The van der Waals surface area contributed by atoms with Crippen molar-refractivity contribution in [2.24, 2.45) is 46.3 Å². The number of aliphatic hydroxyl groups excluding tert-OH is 1. The maximum Gasteiger partial charge on any atom is 0.306 e. The van der Waals surface area contributed by atoms with Gasteiger partial charge >= 0.3 is 11.9 Å². The predicted octanol–water partition coefficient (Wildman–Crippen LogP) is 5.13. The Morgan fingerprint density at radius 2 is 1.90 bits per heavy atom. The Bertz CT molecular complexity index is 1030. The fourth-order valence-corrected chi connectivity index (χ4v) is 9.96. The zero-order valence-electron chi connectivity index (χ0n) is 25.7. The summed E-state index contributed by atoms with van der Waals surface area (Å²) in [6, 6.07) is 0. The molecule has 0 aromatic carbocycles. The van der Waals surface area contributed by atoms with Crippen LogP contribution in [0.2, 0.25) is 0 Å². The summed E-state index contributed by atoms with van der Waals surface area (Å²) in [7, 11) is 0. The molecule has 13 atom stereocenters. The Balaban J connectivity index is 1.43. The summed E-state index contributed by atoms with van der Waals surface area (Å²) in [6.07, 6.45) is 2.14. The molecule has 5 rings (SSSR count). The molecule has 0 amide bonds. The van der Waals surface area contributed by atoms with Gasteiger partial charge in [-0.05, 0) is 86.0 Å². The maximum atomic E-state index is 12.8. The van der Waals surface area contributed by atoms with Crippen LogP contribution in [0.4, 0.5) is 0 Å². The van der Waals surface area contributed by atoms with Crippen LogP contribution in [0.15, 0.2) is 12.2 Å². The van der Waals surface area contributed by atoms with Gasteiger partial charge in [0.05, 0.1) is 24.2 Å². The third-order valence-electron chi connectivity index (χ3n) is 11.8. The van der Waals surface area contributed by atoms with Gasteiger partial charge in [-0.25, -0.2) is 5.26 Å². The van der Waals surface area contributed by atoms with E-state index < -0.39 is 60.6 Å². The van der Waals surface area contributed by atoms with E-state index >= 15 is 0 Å². The fraction of sp³-hybridized carbons (Fsp3) is 0.875. The standard InChI is InChI=1S/C32H50O10/c1-7-23-26(41-42-37)18(5)27(40-25(33)12-16(2)3)30(39-23)38-20-13-21(29(35)36)22-10-11-32-14-19(17(4)28(32)34)8-9-24(32)31(22,6)15-20/h16,18-24,26-28,30,34,37H,4,7-15H2,1-3,5-6H3,(H,35,36)/t18-,19?,20?,21?,22?,23?,24?,26?,27?,28?,30?,31?,32?/m0/s1. The fourth-order valence-electron chi connectivity index (χ4n) is 9.96. The van der Waals surface area contributed by atoms with Gasteiger partial charge in [-0.1, -0.05) is 46.2 Å². The van der Waals surface area contributed by atoms with Crippen molar-refractivity contribution in [3.63, 3.8) is 0 Å². The minimum Gasteiger partial charge on any atom is -0.481 e. The number of aliphatic carboxylic acids is 1. The van der Waals surface area contributed by atoms with E-state index in [0.29, 0.717) is 25.2 Å². The number of hydrogen-bond donors (Lipinski definition) is 3. The van der Waals surface area contributed by atoms with Gasteiger partial charge in [0.25, 0.3) is 0 Å². The van der Waals surface area contributed by atoms with Crippen LogP contribution in [-0.2, 0) is 33.7 Å². The first kappa shape index (κ1) is 31.9. The van der Waals surface area contributed by atoms with Gasteiger partial charge in [-0.15, -0.1) is 0 Å². The number of ether oxygens (including phenoxy) is 3. The molecule has 0 aromatic rings. The molecule has 3 N–H and O–H groups in total. The van der Waals surface area contributed by atoms with Crippen molar-refractivity contribution in [2.45, 2.75) is 129 Å². The van der Waals surface area contributed by atoms with E-state index in [0.717, 1.165) is 37.7 Å². The van der Waals surface area contributed by atoms with Crippen LogP contribution in [-0.4, -0.2) is 64.2 Å². The van der Waals surface area contributed by atoms with Crippen LogP contribution in [0.25, 0.3) is 0 Å². The van der Waals surface area contributed by atoms with Crippen LogP contribution in [0.3, 0.4) is 0 Å². The molecule has 42 heavy (non-hydrogen) atoms. The van der Waals surface area contributed by atoms with Crippen molar-refractivity contribution >= 4 is 11.9 Å². The lowest BCUT2D eigenvalue weighted by molar-refractivity contribution is -0.524. The molecule has 5 aliphatic rings. The van der Waals surface area contributed by atoms with Gasteiger partial charge in [0.15, 0.2) is 12.4 Å². The Hall–Kier alpha value is -1.56. The third-order valence-corrected chi connectivity index (χ3v) is 11.8. The van der Waals surface area contributed by atoms with Gasteiger partial charge in [0, 0.05) is 17.8 Å². The molecule has 1 spiro atoms. The van der Waals surface area contributed by atoms with Crippen LogP contribution in [0.1, 0.15) is 92.4 Å². The summed E-state index contributed by atoms with van der Waals surface area (Å²) in [5.74, 6) is -1.66. The molecule has 10 heteroatoms. The van der Waals surface area contributed by atoms with Gasteiger partial charge in [-0.3, -0.25) is 9.59 Å². The second-order valence-corrected chi connectivity index (χ2v) is 14.5. The van der Waals surface area contributed by atoms with Gasteiger partial charge < -0.3 is 24.4 Å². The molecule has 0 aromatic heterocycles. The van der Waals surface area contributed by atoms with Gasteiger partial charge in [0.1, 0.15) is 6.10 Å². The lowest BCUT2D eigenvalue weighted by atomic mass is 9.43. The molecule has 5 fully saturated rings. The van der Waals surface area contributed by atoms with Gasteiger partial charge in [-0.2, -0.15) is 4.89 Å². The molecular formula is C32H50O10. The minimum absolute atomic E-state index is 0.0168. The molecule has 0 radical (unpaired) electrons. The quantitative estimate of drug-likeness (QED) is 0.108. The Morgan fingerprint density at radius 1 is 1.17 bits per heavy atom. The number of carbonyl (C=O) groups is 2. The molecule has 1 aliphatic heterocycles. The molecule has 4 aliphatic carbocycles. The number of rotatable bonds is 9. The van der Waals surface area contributed by atoms with Crippen molar-refractivity contribution in [1.82, 2.24) is 0 Å². The molecule has 1 saturated heterocycles. The zero-order chi connectivity index (χ0) is 30.6. The van der Waals surface area contributed by atoms with Crippen LogP contribution in [0, 0.1) is 46.3 Å². The average Bonchev–Trinajstić information content (AvgIpc) is 3.10. The summed E-state index contributed by atoms with van der Waals surface area (Å²) < 4.78 is 18.9. The van der Waals surface area contributed by atoms with E-state index in [9.17, 15) is 19.8 Å². The third kappa shape index (κ3) is 5.34. The Labute approximate surface area is 248 Å². The molecule has 1 heterocycles. The number of hydrogen-bond acceptors (Lipinski definition) is 9. The number of aliphatic hydroxyl groups is 1. The van der Waals surface area contributed by atoms with Crippen LogP contribution >= 0.6 is 0 Å². The number of carboxylic acids is 1. The first-order valence-electron chi connectivity index (χ1n) is 15.9. The van der Waals surface area contributed by atoms with E-state index in [2.05, 4.69) is 18.5 Å². The smallest absolute Gasteiger partial charge is 0.306 e. The highest BCUT2D eigenvalue weighted by Gasteiger charge is 2.67. The number of fused-ring (bicyclic) bond motifs is 3. The van der Waals surface area contributed by atoms with Crippen molar-refractivity contribution < 1.29 is 49.2 Å². The van der Waals surface area contributed by atoms with Gasteiger partial charge in [0.2, 0.25) is 0 Å². The highest BCUT2D eigenvalue weighted by atomic mass is 17.5. The summed E-state index contributed by atoms with van der Waals surface area (Å²) in [5.41, 5.74) is 0.331. The molecular weight excluding hydrogens is 544 g/mol. The lowest BCUT2D eigenvalue weighted by Gasteiger charge is -2.62. The molecule has 10 nitrogen and oxygen atoms in total. The minimum atomic E-state index is -0.940. The molecule has 12 unspecified atom stereocenters. The van der Waals surface area contributed by atoms with Crippen molar-refractivity contribution in [3.8, 4) is 0 Å². The summed E-state index contributed by atoms with van der Waals surface area (Å²) in [4.78, 5) is 30.7. The van der Waals surface area contributed by atoms with E-state index in [-0.39, 0.29) is 35.0 Å². The van der Waals surface area contributed by atoms with Crippen molar-refractivity contribution in [2.75, 3.05) is 0 Å². The average molecular weight is 595 g/mol. The highest BCUT2D eigenvalue weighted by Crippen LogP contribution is 2.70. The SMILES string of the molecule is C=C1C2CCC3C4(C)CC(OC5OC(CC)C(OOO)[C@H](C)C5OC(=O)CC(C)C)CC(C(=O)O)C4CCC3(C2)C1O. The molecule has 4 saturated carbocycles. The van der Waals surface area contributed by atoms with E-state index in [1.807, 2.05) is 27.7 Å². The number of esters is 1. The van der Waals surface area contributed by atoms with Crippen LogP contribution < -0.4 is 0 Å². The first-order chi connectivity index (χ1) is 19.9. The van der Waals surface area contributed by atoms with Crippen molar-refractivity contribution in [3.05, 3.63) is 12.2 Å². The predicted molar refractivity (Wildman–Crippen MR) is 151 cm³/mol. The van der Waals surface area contributed by atoms with Crippen LogP contribution in [0.5, 0.6) is 0 Å². The largest absolute Gasteiger partial charge is 0.481 e. The topological polar surface area (TPSA) is 141 Å². The second kappa shape index (κ2) is 12.1. The normalized spacial score (nSPS) is 46.7. The van der Waals surface area contributed by atoms with E-state index in [1.54, 1.807) is 0 Å². The van der Waals surface area contributed by atoms with E-state index in [4.69, 9.17) is 24.4 Å². The monoisotopic (exact) mass is 594 g/mol. The highest BCUT2D eigenvalue weighted by molar-refractivity contribution is 5.71. The lowest BCUT2D eigenvalue weighted by Crippen LogP contribution is -2.61. The zero-order valence-corrected chi connectivity index (χ0v) is 25.7. The molecule has 238 valence electrons. The second-order valence-electron chi connectivity index (χ2n) is 14.5. The molecule has 2 bridgehead atoms. The summed E-state index contributed by atoms with van der Waals surface area (Å²) in [6.45, 7) is 14.1. The van der Waals surface area contributed by atoms with Crippen molar-refractivity contribution in [1.29, 1.82) is 0 Å². The Kier molecular flexibility index (Phi) is 9.17. The Morgan fingerprint density at radius 3 is 2.55 bits per heavy atom. The maximum absolute atomic E-state index is 12.8. The van der Waals surface area contributed by atoms with E-state index in [1.165, 1.54) is 0 Å².